The zero-order chi connectivity index (χ0) is 14.1. The summed E-state index contributed by atoms with van der Waals surface area (Å²) >= 11 is 0. The van der Waals surface area contributed by atoms with Crippen molar-refractivity contribution in [2.75, 3.05) is 0 Å². The Hall–Kier alpha value is -1.25. The van der Waals surface area contributed by atoms with Crippen LogP contribution in [0.25, 0.3) is 0 Å². The fourth-order valence-corrected chi connectivity index (χ4v) is 2.10. The summed E-state index contributed by atoms with van der Waals surface area (Å²) < 4.78 is 5.45. The molecule has 0 aromatic carbocycles. The molecule has 0 radical (unpaired) electrons. The smallest absolute Gasteiger partial charge is 0.195 e. The molecule has 1 atom stereocenters. The van der Waals surface area contributed by atoms with E-state index in [1.165, 1.54) is 32.1 Å². The van der Waals surface area contributed by atoms with E-state index in [1.807, 2.05) is 6.92 Å². The average Bonchev–Trinajstić information content (AvgIpc) is 2.67. The predicted molar refractivity (Wildman–Crippen MR) is 78.5 cm³/mol. The van der Waals surface area contributed by atoms with Crippen molar-refractivity contribution in [1.82, 2.24) is 5.32 Å². The van der Waals surface area contributed by atoms with Gasteiger partial charge in [0.1, 0.15) is 6.10 Å². The van der Waals surface area contributed by atoms with Gasteiger partial charge in [-0.3, -0.25) is 4.79 Å². The molecular formula is C16H27NO2. The fraction of sp³-hybridized carbons (Fsp3) is 0.688. The van der Waals surface area contributed by atoms with Crippen LogP contribution >= 0.6 is 0 Å². The van der Waals surface area contributed by atoms with E-state index in [9.17, 15) is 4.79 Å². The average molecular weight is 265 g/mol. The first-order valence-electron chi connectivity index (χ1n) is 7.50. The second-order valence-corrected chi connectivity index (χ2v) is 5.26. The number of hydrogen-bond acceptors (Lipinski definition) is 3. The minimum absolute atomic E-state index is 0.0439. The van der Waals surface area contributed by atoms with Gasteiger partial charge in [-0.1, -0.05) is 52.0 Å². The highest BCUT2D eigenvalue weighted by Gasteiger charge is 2.19. The van der Waals surface area contributed by atoms with Gasteiger partial charge in [0.15, 0.2) is 11.7 Å². The van der Waals surface area contributed by atoms with Crippen LogP contribution in [0.1, 0.15) is 65.2 Å². The van der Waals surface area contributed by atoms with Crippen LogP contribution in [0.3, 0.4) is 0 Å². The fourth-order valence-electron chi connectivity index (χ4n) is 2.10. The molecule has 19 heavy (non-hydrogen) atoms. The third-order valence-corrected chi connectivity index (χ3v) is 3.40. The lowest BCUT2D eigenvalue weighted by molar-refractivity contribution is -0.114. The zero-order valence-corrected chi connectivity index (χ0v) is 12.3. The van der Waals surface area contributed by atoms with Crippen LogP contribution in [-0.4, -0.2) is 11.9 Å². The molecule has 108 valence electrons. The molecule has 0 aliphatic carbocycles. The maximum Gasteiger partial charge on any atom is 0.195 e. The number of carbonyl (C=O) groups is 1. The van der Waals surface area contributed by atoms with E-state index in [1.54, 1.807) is 6.08 Å². The molecular weight excluding hydrogens is 238 g/mol. The molecule has 1 unspecified atom stereocenters. The Morgan fingerprint density at radius 1 is 1.26 bits per heavy atom. The Morgan fingerprint density at radius 2 is 1.89 bits per heavy atom. The Balaban J connectivity index is 2.08. The number of allylic oxidation sites excluding steroid dienone is 1. The number of carbonyl (C=O) groups excluding carboxylic acids is 1. The SMILES string of the molecule is C=C1N/C(=C\C(=O)CCCCCCCCC)OC1C. The predicted octanol–water partition coefficient (Wildman–Crippen LogP) is 4.06. The number of unbranched alkanes of at least 4 members (excludes halogenated alkanes) is 6. The van der Waals surface area contributed by atoms with Crippen LogP contribution in [0.4, 0.5) is 0 Å². The summed E-state index contributed by atoms with van der Waals surface area (Å²) in [5, 5.41) is 2.98. The number of nitrogens with one attached hydrogen (secondary N) is 1. The highest BCUT2D eigenvalue weighted by Crippen LogP contribution is 2.16. The second-order valence-electron chi connectivity index (χ2n) is 5.26. The van der Waals surface area contributed by atoms with Crippen LogP contribution in [0.2, 0.25) is 0 Å². The zero-order valence-electron chi connectivity index (χ0n) is 12.3. The summed E-state index contributed by atoms with van der Waals surface area (Å²) in [6.07, 6.45) is 10.7. The summed E-state index contributed by atoms with van der Waals surface area (Å²) in [5.74, 6) is 0.684. The van der Waals surface area contributed by atoms with Gasteiger partial charge in [-0.15, -0.1) is 0 Å². The van der Waals surface area contributed by atoms with E-state index >= 15 is 0 Å². The van der Waals surface area contributed by atoms with Crippen molar-refractivity contribution in [2.24, 2.45) is 0 Å². The van der Waals surface area contributed by atoms with E-state index in [0.717, 1.165) is 18.5 Å². The Kier molecular flexibility index (Phi) is 7.31. The number of ketones is 1. The maximum absolute atomic E-state index is 11.7. The molecule has 1 fully saturated rings. The number of rotatable bonds is 9. The normalized spacial score (nSPS) is 20.4. The molecule has 1 rings (SSSR count). The lowest BCUT2D eigenvalue weighted by atomic mass is 10.1. The third kappa shape index (κ3) is 6.46. The van der Waals surface area contributed by atoms with E-state index in [2.05, 4.69) is 18.8 Å². The molecule has 1 saturated heterocycles. The van der Waals surface area contributed by atoms with Gasteiger partial charge in [0, 0.05) is 12.5 Å². The minimum atomic E-state index is -0.0439. The van der Waals surface area contributed by atoms with Crippen LogP contribution in [0, 0.1) is 0 Å². The lowest BCUT2D eigenvalue weighted by Crippen LogP contribution is -2.06. The molecule has 3 nitrogen and oxygen atoms in total. The van der Waals surface area contributed by atoms with Gasteiger partial charge in [-0.25, -0.2) is 0 Å². The molecule has 0 saturated carbocycles. The van der Waals surface area contributed by atoms with Gasteiger partial charge in [-0.2, -0.15) is 0 Å². The Morgan fingerprint density at radius 3 is 2.47 bits per heavy atom. The highest BCUT2D eigenvalue weighted by atomic mass is 16.5. The van der Waals surface area contributed by atoms with Crippen molar-refractivity contribution in [3.05, 3.63) is 24.2 Å². The molecule has 0 aromatic rings. The summed E-state index contributed by atoms with van der Waals surface area (Å²) in [4.78, 5) is 11.7. The molecule has 1 heterocycles. The summed E-state index contributed by atoms with van der Waals surface area (Å²) in [7, 11) is 0. The van der Waals surface area contributed by atoms with E-state index in [-0.39, 0.29) is 11.9 Å². The first-order chi connectivity index (χ1) is 9.13. The largest absolute Gasteiger partial charge is 0.469 e. The van der Waals surface area contributed by atoms with Gasteiger partial charge in [0.2, 0.25) is 0 Å². The first-order valence-corrected chi connectivity index (χ1v) is 7.50. The summed E-state index contributed by atoms with van der Waals surface area (Å²) in [6.45, 7) is 7.95. The second kappa shape index (κ2) is 8.78. The monoisotopic (exact) mass is 265 g/mol. The van der Waals surface area contributed by atoms with Gasteiger partial charge in [0.25, 0.3) is 0 Å². The molecule has 1 aliphatic heterocycles. The van der Waals surface area contributed by atoms with Crippen molar-refractivity contribution in [1.29, 1.82) is 0 Å². The van der Waals surface area contributed by atoms with Crippen LogP contribution in [0.5, 0.6) is 0 Å². The molecule has 0 bridgehead atoms. The van der Waals surface area contributed by atoms with Crippen molar-refractivity contribution in [3.63, 3.8) is 0 Å². The van der Waals surface area contributed by atoms with E-state index < -0.39 is 0 Å². The van der Waals surface area contributed by atoms with Crippen LogP contribution in [-0.2, 0) is 9.53 Å². The quantitative estimate of drug-likeness (QED) is 0.504. The van der Waals surface area contributed by atoms with Gasteiger partial charge in [0.05, 0.1) is 5.70 Å². The Bertz CT molecular complexity index is 334. The van der Waals surface area contributed by atoms with E-state index in [0.29, 0.717) is 12.3 Å². The van der Waals surface area contributed by atoms with Crippen molar-refractivity contribution >= 4 is 5.78 Å². The molecule has 1 aliphatic rings. The third-order valence-electron chi connectivity index (χ3n) is 3.40. The van der Waals surface area contributed by atoms with Crippen molar-refractivity contribution < 1.29 is 9.53 Å². The highest BCUT2D eigenvalue weighted by molar-refractivity contribution is 5.90. The van der Waals surface area contributed by atoms with Gasteiger partial charge in [-0.05, 0) is 13.3 Å². The molecule has 3 heteroatoms. The summed E-state index contributed by atoms with van der Waals surface area (Å²) in [6, 6.07) is 0. The Labute approximate surface area is 117 Å². The number of hydrogen-bond donors (Lipinski definition) is 1. The van der Waals surface area contributed by atoms with Crippen molar-refractivity contribution in [2.45, 2.75) is 71.3 Å². The van der Waals surface area contributed by atoms with Gasteiger partial charge >= 0.3 is 0 Å². The van der Waals surface area contributed by atoms with Crippen molar-refractivity contribution in [3.8, 4) is 0 Å². The molecule has 0 amide bonds. The standard InChI is InChI=1S/C16H27NO2/c1-4-5-6-7-8-9-10-11-15(18)12-16-17-13(2)14(3)19-16/h12,14,17H,2,4-11H2,1,3H3/b16-12+. The lowest BCUT2D eigenvalue weighted by Gasteiger charge is -2.01. The maximum atomic E-state index is 11.7. The topological polar surface area (TPSA) is 38.3 Å². The molecule has 0 spiro atoms. The number of ether oxygens (including phenoxy) is 1. The van der Waals surface area contributed by atoms with E-state index in [4.69, 9.17) is 4.74 Å². The van der Waals surface area contributed by atoms with Crippen LogP contribution < -0.4 is 5.32 Å². The molecule has 1 N–H and O–H groups in total. The van der Waals surface area contributed by atoms with Crippen LogP contribution in [0.15, 0.2) is 24.2 Å². The first kappa shape index (κ1) is 15.8. The minimum Gasteiger partial charge on any atom is -0.469 e. The molecule has 0 aromatic heterocycles. The summed E-state index contributed by atoms with van der Waals surface area (Å²) in [5.41, 5.74) is 0.815. The van der Waals surface area contributed by atoms with Gasteiger partial charge < -0.3 is 10.1 Å².